The van der Waals surface area contributed by atoms with Crippen LogP contribution in [0, 0.1) is 0 Å². The zero-order valence-corrected chi connectivity index (χ0v) is 13.5. The van der Waals surface area contributed by atoms with Gasteiger partial charge in [0.15, 0.2) is 0 Å². The Morgan fingerprint density at radius 1 is 1.35 bits per heavy atom. The SMILES string of the molecule is CN(CCNCc1cnn(C(C)(C)C)c1)C1CCCC1. The average Bonchev–Trinajstić information content (AvgIpc) is 3.04. The predicted octanol–water partition coefficient (Wildman–Crippen LogP) is 2.60. The van der Waals surface area contributed by atoms with E-state index in [-0.39, 0.29) is 5.54 Å². The molecule has 0 spiro atoms. The van der Waals surface area contributed by atoms with Crippen LogP contribution in [0.3, 0.4) is 0 Å². The second-order valence-corrected chi connectivity index (χ2v) is 7.06. The molecule has 0 aliphatic heterocycles. The Kier molecular flexibility index (Phi) is 5.22. The highest BCUT2D eigenvalue weighted by molar-refractivity contribution is 5.04. The molecule has 0 unspecified atom stereocenters. The zero-order valence-electron chi connectivity index (χ0n) is 13.5. The average molecular weight is 278 g/mol. The normalized spacial score (nSPS) is 17.2. The molecule has 1 aromatic heterocycles. The molecule has 1 heterocycles. The quantitative estimate of drug-likeness (QED) is 0.812. The molecular weight excluding hydrogens is 248 g/mol. The fourth-order valence-electron chi connectivity index (χ4n) is 2.83. The van der Waals surface area contributed by atoms with E-state index >= 15 is 0 Å². The molecule has 20 heavy (non-hydrogen) atoms. The minimum atomic E-state index is 0.0704. The first-order valence-corrected chi connectivity index (χ1v) is 7.92. The van der Waals surface area contributed by atoms with Crippen molar-refractivity contribution >= 4 is 0 Å². The maximum atomic E-state index is 4.43. The van der Waals surface area contributed by atoms with E-state index in [2.05, 4.69) is 49.3 Å². The lowest BCUT2D eigenvalue weighted by atomic mass is 10.1. The molecule has 1 saturated carbocycles. The van der Waals surface area contributed by atoms with Gasteiger partial charge in [-0.05, 0) is 40.7 Å². The number of nitrogens with one attached hydrogen (secondary N) is 1. The first-order chi connectivity index (χ1) is 9.47. The van der Waals surface area contributed by atoms with Crippen molar-refractivity contribution in [3.63, 3.8) is 0 Å². The third kappa shape index (κ3) is 4.32. The summed E-state index contributed by atoms with van der Waals surface area (Å²) >= 11 is 0. The van der Waals surface area contributed by atoms with Gasteiger partial charge in [-0.1, -0.05) is 12.8 Å². The summed E-state index contributed by atoms with van der Waals surface area (Å²) in [6, 6.07) is 0.820. The molecule has 1 aliphatic carbocycles. The van der Waals surface area contributed by atoms with Crippen molar-refractivity contribution in [3.05, 3.63) is 18.0 Å². The van der Waals surface area contributed by atoms with Gasteiger partial charge in [-0.3, -0.25) is 4.68 Å². The second kappa shape index (κ2) is 6.72. The first kappa shape index (κ1) is 15.5. The third-order valence-corrected chi connectivity index (χ3v) is 4.24. The Hall–Kier alpha value is -0.870. The molecule has 0 radical (unpaired) electrons. The third-order valence-electron chi connectivity index (χ3n) is 4.24. The number of likely N-dealkylation sites (N-methyl/N-ethyl adjacent to an activating group) is 1. The lowest BCUT2D eigenvalue weighted by Gasteiger charge is -2.23. The Balaban J connectivity index is 1.67. The molecule has 4 nitrogen and oxygen atoms in total. The van der Waals surface area contributed by atoms with Crippen LogP contribution < -0.4 is 5.32 Å². The van der Waals surface area contributed by atoms with Crippen molar-refractivity contribution in [2.24, 2.45) is 0 Å². The lowest BCUT2D eigenvalue weighted by molar-refractivity contribution is 0.245. The fourth-order valence-corrected chi connectivity index (χ4v) is 2.83. The first-order valence-electron chi connectivity index (χ1n) is 7.92. The highest BCUT2D eigenvalue weighted by Gasteiger charge is 2.18. The number of nitrogens with zero attached hydrogens (tertiary/aromatic N) is 3. The van der Waals surface area contributed by atoms with Crippen LogP contribution in [0.2, 0.25) is 0 Å². The summed E-state index contributed by atoms with van der Waals surface area (Å²) in [5.41, 5.74) is 1.34. The summed E-state index contributed by atoms with van der Waals surface area (Å²) < 4.78 is 2.04. The van der Waals surface area contributed by atoms with Gasteiger partial charge in [-0.15, -0.1) is 0 Å². The largest absolute Gasteiger partial charge is 0.311 e. The Morgan fingerprint density at radius 2 is 2.05 bits per heavy atom. The standard InChI is InChI=1S/C16H30N4/c1-16(2,3)20-13-14(12-18-20)11-17-9-10-19(4)15-7-5-6-8-15/h12-13,15,17H,5-11H2,1-4H3. The van der Waals surface area contributed by atoms with E-state index in [9.17, 15) is 0 Å². The van der Waals surface area contributed by atoms with E-state index in [0.29, 0.717) is 0 Å². The molecule has 4 heteroatoms. The van der Waals surface area contributed by atoms with Crippen LogP contribution in [0.25, 0.3) is 0 Å². The molecule has 0 atom stereocenters. The van der Waals surface area contributed by atoms with Gasteiger partial charge in [-0.2, -0.15) is 5.10 Å². The summed E-state index contributed by atoms with van der Waals surface area (Å²) in [6.45, 7) is 9.62. The topological polar surface area (TPSA) is 33.1 Å². The smallest absolute Gasteiger partial charge is 0.0543 e. The van der Waals surface area contributed by atoms with Crippen LogP contribution in [0.1, 0.15) is 52.0 Å². The number of hydrogen-bond acceptors (Lipinski definition) is 3. The number of aromatic nitrogens is 2. The summed E-state index contributed by atoms with van der Waals surface area (Å²) in [4.78, 5) is 2.51. The highest BCUT2D eigenvalue weighted by atomic mass is 15.3. The van der Waals surface area contributed by atoms with Gasteiger partial charge in [-0.25, -0.2) is 0 Å². The van der Waals surface area contributed by atoms with Crippen LogP contribution in [0.15, 0.2) is 12.4 Å². The van der Waals surface area contributed by atoms with Gasteiger partial charge in [0.25, 0.3) is 0 Å². The molecular formula is C16H30N4. The van der Waals surface area contributed by atoms with E-state index < -0.39 is 0 Å². The van der Waals surface area contributed by atoms with Crippen LogP contribution in [0.4, 0.5) is 0 Å². The fraction of sp³-hybridized carbons (Fsp3) is 0.812. The van der Waals surface area contributed by atoms with E-state index in [0.717, 1.165) is 25.7 Å². The maximum absolute atomic E-state index is 4.43. The van der Waals surface area contributed by atoms with Gasteiger partial charge in [0, 0.05) is 37.4 Å². The van der Waals surface area contributed by atoms with Gasteiger partial charge < -0.3 is 10.2 Å². The Bertz CT molecular complexity index is 399. The molecule has 1 fully saturated rings. The minimum absolute atomic E-state index is 0.0704. The van der Waals surface area contributed by atoms with Crippen LogP contribution in [0.5, 0.6) is 0 Å². The summed E-state index contributed by atoms with van der Waals surface area (Å²) in [7, 11) is 2.26. The van der Waals surface area contributed by atoms with E-state index in [4.69, 9.17) is 0 Å². The van der Waals surface area contributed by atoms with Gasteiger partial charge >= 0.3 is 0 Å². The number of hydrogen-bond donors (Lipinski definition) is 1. The molecule has 0 bridgehead atoms. The van der Waals surface area contributed by atoms with Gasteiger partial charge in [0.2, 0.25) is 0 Å². The summed E-state index contributed by atoms with van der Waals surface area (Å²) in [5.74, 6) is 0. The zero-order chi connectivity index (χ0) is 14.6. The van der Waals surface area contributed by atoms with Gasteiger partial charge in [0.1, 0.15) is 0 Å². The van der Waals surface area contributed by atoms with Crippen LogP contribution in [-0.4, -0.2) is 40.9 Å². The van der Waals surface area contributed by atoms with E-state index in [1.54, 1.807) is 0 Å². The molecule has 0 aromatic carbocycles. The summed E-state index contributed by atoms with van der Waals surface area (Å²) in [5, 5.41) is 7.96. The van der Waals surface area contributed by atoms with Crippen molar-refractivity contribution < 1.29 is 0 Å². The van der Waals surface area contributed by atoms with E-state index in [1.165, 1.54) is 31.2 Å². The monoisotopic (exact) mass is 278 g/mol. The van der Waals surface area contributed by atoms with Crippen molar-refractivity contribution in [3.8, 4) is 0 Å². The lowest BCUT2D eigenvalue weighted by Crippen LogP contribution is -2.35. The molecule has 114 valence electrons. The minimum Gasteiger partial charge on any atom is -0.311 e. The molecule has 1 N–H and O–H groups in total. The van der Waals surface area contributed by atoms with Crippen LogP contribution >= 0.6 is 0 Å². The van der Waals surface area contributed by atoms with E-state index in [1.807, 2.05) is 10.9 Å². The number of rotatable bonds is 6. The van der Waals surface area contributed by atoms with Crippen molar-refractivity contribution in [1.82, 2.24) is 20.0 Å². The molecule has 1 aliphatic rings. The summed E-state index contributed by atoms with van der Waals surface area (Å²) in [6.07, 6.45) is 9.71. The van der Waals surface area contributed by atoms with Crippen LogP contribution in [-0.2, 0) is 12.1 Å². The molecule has 2 rings (SSSR count). The second-order valence-electron chi connectivity index (χ2n) is 7.06. The molecule has 0 amide bonds. The van der Waals surface area contributed by atoms with Crippen molar-refractivity contribution in [2.45, 2.75) is 64.6 Å². The molecule has 1 aromatic rings. The predicted molar refractivity (Wildman–Crippen MR) is 83.8 cm³/mol. The van der Waals surface area contributed by atoms with Crippen molar-refractivity contribution in [1.29, 1.82) is 0 Å². The van der Waals surface area contributed by atoms with Crippen molar-refractivity contribution in [2.75, 3.05) is 20.1 Å². The maximum Gasteiger partial charge on any atom is 0.0543 e. The Morgan fingerprint density at radius 3 is 2.65 bits per heavy atom. The Labute approximate surface area is 123 Å². The molecule has 0 saturated heterocycles. The highest BCUT2D eigenvalue weighted by Crippen LogP contribution is 2.21. The van der Waals surface area contributed by atoms with Gasteiger partial charge in [0.05, 0.1) is 11.7 Å².